The molecule has 1 fully saturated rings. The summed E-state index contributed by atoms with van der Waals surface area (Å²) in [5, 5.41) is 2.14. The average molecular weight is 142 g/mol. The molecule has 1 aliphatic rings. The van der Waals surface area contributed by atoms with Crippen LogP contribution in [-0.4, -0.2) is 17.9 Å². The Morgan fingerprint density at radius 2 is 2.20 bits per heavy atom. The smallest absolute Gasteiger partial charge is 0.192 e. The summed E-state index contributed by atoms with van der Waals surface area (Å²) in [4.78, 5) is 11.3. The van der Waals surface area contributed by atoms with E-state index in [9.17, 15) is 4.79 Å². The first kappa shape index (κ1) is 7.73. The Morgan fingerprint density at radius 3 is 2.60 bits per heavy atom. The molecule has 0 aromatic rings. The maximum absolute atomic E-state index is 11.3. The van der Waals surface area contributed by atoms with Crippen molar-refractivity contribution in [2.45, 2.75) is 32.7 Å². The Kier molecular flexibility index (Phi) is 1.82. The van der Waals surface area contributed by atoms with E-state index < -0.39 is 0 Å². The van der Waals surface area contributed by atoms with Crippen LogP contribution in [0, 0.1) is 5.92 Å². The number of hydrogen-bond acceptors (Lipinski definition) is 1. The molecule has 1 aliphatic heterocycles. The van der Waals surface area contributed by atoms with E-state index in [-0.39, 0.29) is 5.54 Å². The third kappa shape index (κ3) is 1.37. The van der Waals surface area contributed by atoms with Crippen molar-refractivity contribution in [1.29, 1.82) is 0 Å². The summed E-state index contributed by atoms with van der Waals surface area (Å²) in [6.45, 7) is 7.23. The first-order valence-corrected chi connectivity index (χ1v) is 3.90. The first-order valence-electron chi connectivity index (χ1n) is 3.90. The van der Waals surface area contributed by atoms with E-state index in [1.54, 1.807) is 0 Å². The van der Waals surface area contributed by atoms with Crippen LogP contribution in [0.5, 0.6) is 0 Å². The van der Waals surface area contributed by atoms with E-state index >= 15 is 0 Å². The van der Waals surface area contributed by atoms with Gasteiger partial charge in [0.25, 0.3) is 0 Å². The van der Waals surface area contributed by atoms with Gasteiger partial charge in [0.15, 0.2) is 5.78 Å². The molecule has 0 spiro atoms. The summed E-state index contributed by atoms with van der Waals surface area (Å²) in [5.74, 6) is 0.965. The number of nitrogens with two attached hydrogens (primary N) is 1. The standard InChI is InChI=1S/C8H15NO/c1-6-4-7(10)8(2,3)9-5-6/h6,9H,4-5H2,1-3H3/p+1/t6-/m0/s1. The second-order valence-electron chi connectivity index (χ2n) is 3.89. The predicted molar refractivity (Wildman–Crippen MR) is 39.7 cm³/mol. The second kappa shape index (κ2) is 2.35. The normalized spacial score (nSPS) is 32.3. The summed E-state index contributed by atoms with van der Waals surface area (Å²) >= 11 is 0. The van der Waals surface area contributed by atoms with Gasteiger partial charge in [-0.15, -0.1) is 0 Å². The fourth-order valence-corrected chi connectivity index (χ4v) is 1.27. The van der Waals surface area contributed by atoms with E-state index in [4.69, 9.17) is 0 Å². The predicted octanol–water partition coefficient (Wildman–Crippen LogP) is -0.0627. The fraction of sp³-hybridized carbons (Fsp3) is 0.875. The number of ketones is 1. The highest BCUT2D eigenvalue weighted by Gasteiger charge is 2.36. The number of carbonyl (C=O) groups is 1. The summed E-state index contributed by atoms with van der Waals surface area (Å²) < 4.78 is 0. The molecule has 2 N–H and O–H groups in total. The van der Waals surface area contributed by atoms with Crippen molar-refractivity contribution >= 4 is 5.78 Å². The van der Waals surface area contributed by atoms with Gasteiger partial charge in [-0.2, -0.15) is 0 Å². The number of carbonyl (C=O) groups excluding carboxylic acids is 1. The van der Waals surface area contributed by atoms with Gasteiger partial charge in [0.2, 0.25) is 0 Å². The molecule has 1 saturated heterocycles. The van der Waals surface area contributed by atoms with Crippen LogP contribution in [0.25, 0.3) is 0 Å². The Hall–Kier alpha value is -0.370. The van der Waals surface area contributed by atoms with Gasteiger partial charge in [0, 0.05) is 12.3 Å². The van der Waals surface area contributed by atoms with Crippen LogP contribution in [0.2, 0.25) is 0 Å². The van der Waals surface area contributed by atoms with Gasteiger partial charge in [0.05, 0.1) is 6.54 Å². The van der Waals surface area contributed by atoms with Gasteiger partial charge in [-0.3, -0.25) is 4.79 Å². The molecular formula is C8H16NO+. The highest BCUT2D eigenvalue weighted by Crippen LogP contribution is 2.11. The lowest BCUT2D eigenvalue weighted by Crippen LogP contribution is -2.99. The van der Waals surface area contributed by atoms with Gasteiger partial charge in [-0.1, -0.05) is 6.92 Å². The molecule has 0 saturated carbocycles. The molecule has 58 valence electrons. The fourth-order valence-electron chi connectivity index (χ4n) is 1.27. The largest absolute Gasteiger partial charge is 0.335 e. The number of hydrogen-bond donors (Lipinski definition) is 1. The second-order valence-corrected chi connectivity index (χ2v) is 3.89. The molecule has 1 rings (SSSR count). The SMILES string of the molecule is C[C@@H]1C[NH2+]C(C)(C)C(=O)C1. The maximum atomic E-state index is 11.3. The molecule has 0 bridgehead atoms. The molecule has 2 heteroatoms. The third-order valence-electron chi connectivity index (χ3n) is 2.28. The van der Waals surface area contributed by atoms with Gasteiger partial charge in [0.1, 0.15) is 5.54 Å². The zero-order valence-corrected chi connectivity index (χ0v) is 6.98. The van der Waals surface area contributed by atoms with Crippen LogP contribution in [-0.2, 0) is 4.79 Å². The average Bonchev–Trinajstić information content (AvgIpc) is 1.81. The van der Waals surface area contributed by atoms with Gasteiger partial charge in [-0.05, 0) is 13.8 Å². The number of piperidine rings is 1. The lowest BCUT2D eigenvalue weighted by atomic mass is 9.87. The topological polar surface area (TPSA) is 33.7 Å². The van der Waals surface area contributed by atoms with E-state index in [1.165, 1.54) is 0 Å². The van der Waals surface area contributed by atoms with E-state index in [0.29, 0.717) is 11.7 Å². The molecule has 2 nitrogen and oxygen atoms in total. The van der Waals surface area contributed by atoms with E-state index in [1.807, 2.05) is 13.8 Å². The summed E-state index contributed by atoms with van der Waals surface area (Å²) in [7, 11) is 0. The molecule has 1 atom stereocenters. The minimum atomic E-state index is -0.146. The van der Waals surface area contributed by atoms with Crippen LogP contribution in [0.15, 0.2) is 0 Å². The number of Topliss-reactive ketones (excluding diaryl/α,β-unsaturated/α-hetero) is 1. The van der Waals surface area contributed by atoms with Crippen LogP contribution < -0.4 is 5.32 Å². The highest BCUT2D eigenvalue weighted by atomic mass is 16.1. The van der Waals surface area contributed by atoms with Crippen molar-refractivity contribution in [2.24, 2.45) is 5.92 Å². The third-order valence-corrected chi connectivity index (χ3v) is 2.28. The molecule has 0 aromatic heterocycles. The summed E-state index contributed by atoms with van der Waals surface area (Å²) in [6, 6.07) is 0. The molecule has 0 amide bonds. The zero-order valence-electron chi connectivity index (χ0n) is 6.98. The van der Waals surface area contributed by atoms with Gasteiger partial charge < -0.3 is 5.32 Å². The molecule has 0 aromatic carbocycles. The van der Waals surface area contributed by atoms with Crippen molar-refractivity contribution in [2.75, 3.05) is 6.54 Å². The lowest BCUT2D eigenvalue weighted by molar-refractivity contribution is -0.715. The van der Waals surface area contributed by atoms with E-state index in [2.05, 4.69) is 12.2 Å². The van der Waals surface area contributed by atoms with Crippen LogP contribution in [0.1, 0.15) is 27.2 Å². The summed E-state index contributed by atoms with van der Waals surface area (Å²) in [5.41, 5.74) is -0.146. The van der Waals surface area contributed by atoms with Crippen LogP contribution in [0.3, 0.4) is 0 Å². The molecule has 0 unspecified atom stereocenters. The maximum Gasteiger partial charge on any atom is 0.192 e. The van der Waals surface area contributed by atoms with Crippen molar-refractivity contribution in [3.8, 4) is 0 Å². The monoisotopic (exact) mass is 142 g/mol. The minimum absolute atomic E-state index is 0.146. The highest BCUT2D eigenvalue weighted by molar-refractivity contribution is 5.86. The minimum Gasteiger partial charge on any atom is -0.335 e. The number of rotatable bonds is 0. The van der Waals surface area contributed by atoms with Gasteiger partial charge in [-0.25, -0.2) is 0 Å². The molecule has 0 radical (unpaired) electrons. The Bertz CT molecular complexity index is 151. The molecule has 10 heavy (non-hydrogen) atoms. The number of quaternary nitrogens is 1. The van der Waals surface area contributed by atoms with Crippen LogP contribution >= 0.6 is 0 Å². The molecule has 1 heterocycles. The Balaban J connectivity index is 2.61. The van der Waals surface area contributed by atoms with E-state index in [0.717, 1.165) is 13.0 Å². The zero-order chi connectivity index (χ0) is 7.78. The van der Waals surface area contributed by atoms with Crippen molar-refractivity contribution in [1.82, 2.24) is 0 Å². The quantitative estimate of drug-likeness (QED) is 0.505. The Morgan fingerprint density at radius 1 is 1.60 bits per heavy atom. The van der Waals surface area contributed by atoms with Crippen molar-refractivity contribution in [3.63, 3.8) is 0 Å². The molecule has 0 aliphatic carbocycles. The molecular weight excluding hydrogens is 126 g/mol. The summed E-state index contributed by atoms with van der Waals surface area (Å²) in [6.07, 6.45) is 0.767. The van der Waals surface area contributed by atoms with Crippen molar-refractivity contribution in [3.05, 3.63) is 0 Å². The van der Waals surface area contributed by atoms with Crippen LogP contribution in [0.4, 0.5) is 0 Å². The van der Waals surface area contributed by atoms with Crippen molar-refractivity contribution < 1.29 is 10.1 Å². The first-order chi connectivity index (χ1) is 4.52. The Labute approximate surface area is 62.0 Å². The lowest BCUT2D eigenvalue weighted by Gasteiger charge is -2.28. The van der Waals surface area contributed by atoms with Gasteiger partial charge >= 0.3 is 0 Å².